The second-order valence-corrected chi connectivity index (χ2v) is 8.95. The predicted molar refractivity (Wildman–Crippen MR) is 137 cm³/mol. The molecule has 4 aromatic rings. The van der Waals surface area contributed by atoms with Gasteiger partial charge in [-0.05, 0) is 42.0 Å². The van der Waals surface area contributed by atoms with Crippen LogP contribution in [0.25, 0.3) is 10.9 Å². The molecule has 0 aliphatic carbocycles. The van der Waals surface area contributed by atoms with Crippen molar-refractivity contribution >= 4 is 40.0 Å². The van der Waals surface area contributed by atoms with Crippen molar-refractivity contribution in [2.45, 2.75) is 6.04 Å². The molecule has 0 unspecified atom stereocenters. The lowest BCUT2D eigenvalue weighted by Gasteiger charge is -2.37. The van der Waals surface area contributed by atoms with Crippen LogP contribution in [0, 0.1) is 0 Å². The van der Waals surface area contributed by atoms with E-state index in [1.54, 1.807) is 41.4 Å². The molecule has 3 N–H and O–H groups in total. The Morgan fingerprint density at radius 2 is 1.66 bits per heavy atom. The number of aromatic hydroxyl groups is 1. The standard InChI is InChI=1S/C27H25ClN4O3/c28-23-17-29-24-16-19(6-11-22(23)24)26(34)30-25(18-4-2-1-3-5-18)27(35)32-14-12-31(13-15-32)20-7-9-21(33)10-8-20/h1-11,16-17,25,29,33H,12-15H2,(H,30,34)/t25-/m1/s1. The van der Waals surface area contributed by atoms with E-state index in [0.717, 1.165) is 22.2 Å². The third-order valence-corrected chi connectivity index (χ3v) is 6.67. The highest BCUT2D eigenvalue weighted by molar-refractivity contribution is 6.35. The molecule has 2 heterocycles. The van der Waals surface area contributed by atoms with E-state index in [1.165, 1.54) is 0 Å². The molecule has 1 aliphatic heterocycles. The number of phenols is 1. The van der Waals surface area contributed by atoms with E-state index >= 15 is 0 Å². The SMILES string of the molecule is O=C(N[C@@H](C(=O)N1CCN(c2ccc(O)cc2)CC1)c1ccccc1)c1ccc2c(Cl)c[nH]c2c1. The topological polar surface area (TPSA) is 88.7 Å². The Balaban J connectivity index is 1.32. The first kappa shape index (κ1) is 22.8. The van der Waals surface area contributed by atoms with Gasteiger partial charge in [-0.25, -0.2) is 0 Å². The summed E-state index contributed by atoms with van der Waals surface area (Å²) < 4.78 is 0. The van der Waals surface area contributed by atoms with Crippen molar-refractivity contribution < 1.29 is 14.7 Å². The van der Waals surface area contributed by atoms with Crippen LogP contribution in [0.5, 0.6) is 5.75 Å². The van der Waals surface area contributed by atoms with E-state index in [9.17, 15) is 14.7 Å². The number of anilines is 1. The highest BCUT2D eigenvalue weighted by atomic mass is 35.5. The summed E-state index contributed by atoms with van der Waals surface area (Å²) in [4.78, 5) is 33.8. The van der Waals surface area contributed by atoms with Gasteiger partial charge >= 0.3 is 0 Å². The number of carbonyl (C=O) groups is 2. The quantitative estimate of drug-likeness (QED) is 0.390. The van der Waals surface area contributed by atoms with Gasteiger partial charge < -0.3 is 25.2 Å². The molecule has 0 saturated carbocycles. The number of hydrogen-bond acceptors (Lipinski definition) is 4. The first-order valence-electron chi connectivity index (χ1n) is 11.4. The summed E-state index contributed by atoms with van der Waals surface area (Å²) in [5, 5.41) is 13.9. The largest absolute Gasteiger partial charge is 0.508 e. The van der Waals surface area contributed by atoms with E-state index in [1.807, 2.05) is 42.5 Å². The molecule has 35 heavy (non-hydrogen) atoms. The van der Waals surface area contributed by atoms with Crippen LogP contribution in [0.15, 0.2) is 79.0 Å². The molecule has 2 amide bonds. The fourth-order valence-electron chi connectivity index (χ4n) is 4.41. The lowest BCUT2D eigenvalue weighted by atomic mass is 10.0. The van der Waals surface area contributed by atoms with Crippen molar-refractivity contribution in [3.8, 4) is 5.75 Å². The van der Waals surface area contributed by atoms with Gasteiger partial charge in [0.1, 0.15) is 11.8 Å². The minimum atomic E-state index is -0.799. The molecule has 178 valence electrons. The number of nitrogens with one attached hydrogen (secondary N) is 2. The normalized spacial score (nSPS) is 14.7. The Bertz CT molecular complexity index is 1350. The number of amides is 2. The molecule has 7 nitrogen and oxygen atoms in total. The van der Waals surface area contributed by atoms with Crippen molar-refractivity contribution in [2.24, 2.45) is 0 Å². The van der Waals surface area contributed by atoms with Crippen molar-refractivity contribution in [3.63, 3.8) is 0 Å². The molecule has 1 fully saturated rings. The van der Waals surface area contributed by atoms with E-state index < -0.39 is 6.04 Å². The first-order valence-corrected chi connectivity index (χ1v) is 11.8. The predicted octanol–water partition coefficient (Wildman–Crippen LogP) is 4.35. The molecular formula is C27H25ClN4O3. The summed E-state index contributed by atoms with van der Waals surface area (Å²) in [6.07, 6.45) is 1.68. The van der Waals surface area contributed by atoms with Gasteiger partial charge in [-0.15, -0.1) is 0 Å². The minimum absolute atomic E-state index is 0.140. The molecular weight excluding hydrogens is 464 g/mol. The highest BCUT2D eigenvalue weighted by Crippen LogP contribution is 2.25. The van der Waals surface area contributed by atoms with Gasteiger partial charge in [0.15, 0.2) is 0 Å². The molecule has 1 atom stereocenters. The Labute approximate surface area is 207 Å². The second-order valence-electron chi connectivity index (χ2n) is 8.54. The Kier molecular flexibility index (Phi) is 6.33. The Hall–Kier alpha value is -3.97. The van der Waals surface area contributed by atoms with Crippen LogP contribution in [-0.4, -0.2) is 53.0 Å². The summed E-state index contributed by atoms with van der Waals surface area (Å²) in [5.41, 5.74) is 2.94. The fourth-order valence-corrected chi connectivity index (χ4v) is 4.63. The summed E-state index contributed by atoms with van der Waals surface area (Å²) in [6, 6.07) is 20.8. The van der Waals surface area contributed by atoms with Gasteiger partial charge in [0.05, 0.1) is 5.02 Å². The van der Waals surface area contributed by atoms with Gasteiger partial charge in [0, 0.05) is 54.5 Å². The number of piperazine rings is 1. The van der Waals surface area contributed by atoms with Gasteiger partial charge in [0.25, 0.3) is 5.91 Å². The monoisotopic (exact) mass is 488 g/mol. The van der Waals surface area contributed by atoms with Crippen LogP contribution in [0.1, 0.15) is 22.0 Å². The zero-order valence-corrected chi connectivity index (χ0v) is 19.7. The van der Waals surface area contributed by atoms with E-state index in [4.69, 9.17) is 11.6 Å². The van der Waals surface area contributed by atoms with Crippen molar-refractivity contribution in [1.29, 1.82) is 0 Å². The van der Waals surface area contributed by atoms with Gasteiger partial charge in [0.2, 0.25) is 5.91 Å². The number of fused-ring (bicyclic) bond motifs is 1. The van der Waals surface area contributed by atoms with Gasteiger partial charge in [-0.2, -0.15) is 0 Å². The number of phenolic OH excluding ortho intramolecular Hbond substituents is 1. The number of aromatic nitrogens is 1. The summed E-state index contributed by atoms with van der Waals surface area (Å²) >= 11 is 6.16. The Morgan fingerprint density at radius 1 is 0.943 bits per heavy atom. The van der Waals surface area contributed by atoms with Crippen molar-refractivity contribution in [1.82, 2.24) is 15.2 Å². The van der Waals surface area contributed by atoms with Crippen LogP contribution < -0.4 is 10.2 Å². The molecule has 3 aromatic carbocycles. The van der Waals surface area contributed by atoms with Gasteiger partial charge in [-0.1, -0.05) is 48.0 Å². The highest BCUT2D eigenvalue weighted by Gasteiger charge is 2.30. The van der Waals surface area contributed by atoms with E-state index in [2.05, 4.69) is 15.2 Å². The number of rotatable bonds is 5. The molecule has 1 saturated heterocycles. The zero-order valence-electron chi connectivity index (χ0n) is 18.9. The number of aromatic amines is 1. The van der Waals surface area contributed by atoms with Crippen molar-refractivity contribution in [3.05, 3.63) is 95.1 Å². The van der Waals surface area contributed by atoms with Crippen LogP contribution in [-0.2, 0) is 4.79 Å². The lowest BCUT2D eigenvalue weighted by Crippen LogP contribution is -2.52. The number of benzene rings is 3. The van der Waals surface area contributed by atoms with Crippen LogP contribution >= 0.6 is 11.6 Å². The summed E-state index contributed by atoms with van der Waals surface area (Å²) in [5.74, 6) is -0.246. The average molecular weight is 489 g/mol. The average Bonchev–Trinajstić information content (AvgIpc) is 3.27. The molecule has 0 bridgehead atoms. The number of carbonyl (C=O) groups excluding carboxylic acids is 2. The number of hydrogen-bond donors (Lipinski definition) is 3. The maximum Gasteiger partial charge on any atom is 0.252 e. The van der Waals surface area contributed by atoms with Crippen LogP contribution in [0.2, 0.25) is 5.02 Å². The third kappa shape index (κ3) is 4.81. The molecule has 5 rings (SSSR count). The zero-order chi connectivity index (χ0) is 24.4. The number of halogens is 1. The van der Waals surface area contributed by atoms with E-state index in [-0.39, 0.29) is 17.6 Å². The maximum absolute atomic E-state index is 13.6. The maximum atomic E-state index is 13.6. The van der Waals surface area contributed by atoms with Crippen LogP contribution in [0.3, 0.4) is 0 Å². The first-order chi connectivity index (χ1) is 17.0. The molecule has 0 radical (unpaired) electrons. The molecule has 1 aliphatic rings. The van der Waals surface area contributed by atoms with Crippen LogP contribution in [0.4, 0.5) is 5.69 Å². The van der Waals surface area contributed by atoms with Crippen molar-refractivity contribution in [2.75, 3.05) is 31.1 Å². The second kappa shape index (κ2) is 9.72. The molecule has 8 heteroatoms. The minimum Gasteiger partial charge on any atom is -0.508 e. The smallest absolute Gasteiger partial charge is 0.252 e. The summed E-state index contributed by atoms with van der Waals surface area (Å²) in [7, 11) is 0. The van der Waals surface area contributed by atoms with E-state index in [0.29, 0.717) is 36.8 Å². The summed E-state index contributed by atoms with van der Waals surface area (Å²) in [6.45, 7) is 2.39. The number of H-pyrrole nitrogens is 1. The van der Waals surface area contributed by atoms with Gasteiger partial charge in [-0.3, -0.25) is 9.59 Å². The molecule has 1 aromatic heterocycles. The number of nitrogens with zero attached hydrogens (tertiary/aromatic N) is 2. The Morgan fingerprint density at radius 3 is 2.37 bits per heavy atom. The lowest BCUT2D eigenvalue weighted by molar-refractivity contribution is -0.133. The third-order valence-electron chi connectivity index (χ3n) is 6.35. The molecule has 0 spiro atoms. The fraction of sp³-hybridized carbons (Fsp3) is 0.185.